The number of anilines is 2. The van der Waals surface area contributed by atoms with Crippen LogP contribution in [0.4, 0.5) is 24.5 Å². The van der Waals surface area contributed by atoms with Gasteiger partial charge in [0.2, 0.25) is 11.8 Å². The number of aromatic nitrogens is 7. The highest BCUT2D eigenvalue weighted by atomic mass is 19.3. The Morgan fingerprint density at radius 2 is 1.89 bits per heavy atom. The molecule has 8 rings (SSSR count). The van der Waals surface area contributed by atoms with Crippen molar-refractivity contribution in [3.8, 4) is 0 Å². The van der Waals surface area contributed by atoms with Gasteiger partial charge in [0.1, 0.15) is 17.8 Å². The van der Waals surface area contributed by atoms with E-state index in [1.54, 1.807) is 31.4 Å². The molecule has 6 heterocycles. The van der Waals surface area contributed by atoms with Gasteiger partial charge in [-0.15, -0.1) is 0 Å². The summed E-state index contributed by atoms with van der Waals surface area (Å²) in [7, 11) is 3.59. The molecule has 1 saturated carbocycles. The number of carbonyl (C=O) groups excluding carboxylic acids is 3. The topological polar surface area (TPSA) is 157 Å². The van der Waals surface area contributed by atoms with E-state index in [-0.39, 0.29) is 60.2 Å². The molecular weight excluding hydrogens is 719 g/mol. The number of hydrogen-bond acceptors (Lipinski definition) is 9. The molecule has 3 amide bonds. The zero-order valence-corrected chi connectivity index (χ0v) is 30.4. The highest BCUT2D eigenvalue weighted by Gasteiger charge is 2.36. The van der Waals surface area contributed by atoms with Crippen LogP contribution < -0.4 is 21.2 Å². The SMILES string of the molecule is CN(CC1CCC(n2cc(NC(=O)c3cnn4cccnc34)c(C(F)F)n2)CC1)[C@@H]1CCN(c2cccc3c2n(C)c(=O)n3C2CCC(=O)NC2=O)C[C@H]1F. The number of aryl methyl sites for hydroxylation is 1. The van der Waals surface area contributed by atoms with E-state index in [1.807, 2.05) is 18.0 Å². The quantitative estimate of drug-likeness (QED) is 0.212. The van der Waals surface area contributed by atoms with Crippen molar-refractivity contribution in [2.24, 2.45) is 13.0 Å². The van der Waals surface area contributed by atoms with Gasteiger partial charge < -0.3 is 15.1 Å². The number of imidazole rings is 1. The van der Waals surface area contributed by atoms with Crippen LogP contribution in [0.5, 0.6) is 0 Å². The Morgan fingerprint density at radius 1 is 1.09 bits per heavy atom. The van der Waals surface area contributed by atoms with Crippen molar-refractivity contribution >= 4 is 45.8 Å². The number of rotatable bonds is 9. The summed E-state index contributed by atoms with van der Waals surface area (Å²) in [5, 5.41) is 13.2. The smallest absolute Gasteiger partial charge is 0.329 e. The van der Waals surface area contributed by atoms with Crippen LogP contribution in [0.3, 0.4) is 0 Å². The van der Waals surface area contributed by atoms with Crippen LogP contribution in [0, 0.1) is 5.92 Å². The van der Waals surface area contributed by atoms with E-state index in [4.69, 9.17) is 0 Å². The van der Waals surface area contributed by atoms with Crippen molar-refractivity contribution in [1.82, 2.24) is 43.7 Å². The number of imide groups is 1. The first-order valence-corrected chi connectivity index (χ1v) is 18.6. The summed E-state index contributed by atoms with van der Waals surface area (Å²) in [6.45, 7) is 1.39. The molecule has 4 aromatic heterocycles. The number of nitrogens with zero attached hydrogens (tertiary/aromatic N) is 9. The number of halogens is 3. The second-order valence-corrected chi connectivity index (χ2v) is 14.9. The average molecular weight is 762 g/mol. The molecule has 2 saturated heterocycles. The van der Waals surface area contributed by atoms with Crippen LogP contribution in [-0.4, -0.2) is 95.0 Å². The number of piperidine rings is 2. The Balaban J connectivity index is 0.885. The molecule has 0 radical (unpaired) electrons. The van der Waals surface area contributed by atoms with Crippen molar-refractivity contribution in [1.29, 1.82) is 0 Å². The second kappa shape index (κ2) is 14.6. The summed E-state index contributed by atoms with van der Waals surface area (Å²) in [6.07, 6.45) is 5.87. The van der Waals surface area contributed by atoms with E-state index < -0.39 is 36.1 Å². The van der Waals surface area contributed by atoms with E-state index >= 15 is 4.39 Å². The van der Waals surface area contributed by atoms with Crippen LogP contribution in [0.2, 0.25) is 0 Å². The van der Waals surface area contributed by atoms with E-state index in [1.165, 1.54) is 36.9 Å². The fourth-order valence-corrected chi connectivity index (χ4v) is 8.67. The van der Waals surface area contributed by atoms with Gasteiger partial charge in [-0.05, 0) is 69.7 Å². The molecule has 3 fully saturated rings. The Bertz CT molecular complexity index is 2330. The van der Waals surface area contributed by atoms with Crippen molar-refractivity contribution in [3.63, 3.8) is 0 Å². The van der Waals surface area contributed by atoms with Crippen LogP contribution in [0.1, 0.15) is 79.5 Å². The Hall–Kier alpha value is -5.52. The molecule has 3 atom stereocenters. The van der Waals surface area contributed by atoms with Crippen molar-refractivity contribution < 1.29 is 27.6 Å². The third-order valence-electron chi connectivity index (χ3n) is 11.5. The lowest BCUT2D eigenvalue weighted by atomic mass is 9.85. The molecule has 1 aromatic carbocycles. The maximum absolute atomic E-state index is 16.0. The molecule has 15 nitrogen and oxygen atoms in total. The van der Waals surface area contributed by atoms with Gasteiger partial charge >= 0.3 is 5.69 Å². The predicted molar refractivity (Wildman–Crippen MR) is 196 cm³/mol. The average Bonchev–Trinajstić information content (AvgIpc) is 3.86. The molecule has 5 aromatic rings. The molecule has 2 N–H and O–H groups in total. The van der Waals surface area contributed by atoms with Gasteiger partial charge in [0.25, 0.3) is 12.3 Å². The second-order valence-electron chi connectivity index (χ2n) is 14.9. The first-order valence-electron chi connectivity index (χ1n) is 18.6. The number of para-hydroxylation sites is 1. The van der Waals surface area contributed by atoms with Crippen molar-refractivity contribution in [2.75, 3.05) is 36.9 Å². The minimum atomic E-state index is -2.89. The number of benzene rings is 1. The number of hydrogen-bond donors (Lipinski definition) is 2. The summed E-state index contributed by atoms with van der Waals surface area (Å²) >= 11 is 0. The van der Waals surface area contributed by atoms with Crippen LogP contribution in [-0.2, 0) is 16.6 Å². The van der Waals surface area contributed by atoms with Crippen molar-refractivity contribution in [3.05, 3.63) is 70.8 Å². The summed E-state index contributed by atoms with van der Waals surface area (Å²) in [6, 6.07) is 5.87. The minimum Gasteiger partial charge on any atom is -0.367 e. The maximum Gasteiger partial charge on any atom is 0.329 e. The lowest BCUT2D eigenvalue weighted by Gasteiger charge is -2.42. The molecule has 3 aliphatic rings. The molecule has 55 heavy (non-hydrogen) atoms. The van der Waals surface area contributed by atoms with Crippen LogP contribution in [0.25, 0.3) is 16.7 Å². The van der Waals surface area contributed by atoms with E-state index in [2.05, 4.69) is 30.7 Å². The first kappa shape index (κ1) is 36.5. The monoisotopic (exact) mass is 761 g/mol. The summed E-state index contributed by atoms with van der Waals surface area (Å²) in [4.78, 5) is 59.1. The number of amides is 3. The van der Waals surface area contributed by atoms with Gasteiger partial charge in [-0.25, -0.2) is 27.5 Å². The first-order chi connectivity index (χ1) is 26.5. The highest BCUT2D eigenvalue weighted by molar-refractivity contribution is 6.08. The van der Waals surface area contributed by atoms with Gasteiger partial charge in [-0.3, -0.25) is 33.5 Å². The van der Waals surface area contributed by atoms with Gasteiger partial charge in [-0.2, -0.15) is 10.2 Å². The fraction of sp³-hybridized carbons (Fsp3) is 0.486. The van der Waals surface area contributed by atoms with Gasteiger partial charge in [0, 0.05) is 51.2 Å². The van der Waals surface area contributed by atoms with E-state index in [0.717, 1.165) is 12.8 Å². The molecule has 0 bridgehead atoms. The third-order valence-corrected chi connectivity index (χ3v) is 11.5. The maximum atomic E-state index is 16.0. The number of alkyl halides is 3. The van der Waals surface area contributed by atoms with E-state index in [0.29, 0.717) is 54.7 Å². The zero-order chi connectivity index (χ0) is 38.5. The van der Waals surface area contributed by atoms with Gasteiger partial charge in [0.05, 0.1) is 41.2 Å². The zero-order valence-electron chi connectivity index (χ0n) is 30.4. The van der Waals surface area contributed by atoms with Crippen LogP contribution >= 0.6 is 0 Å². The van der Waals surface area contributed by atoms with E-state index in [9.17, 15) is 28.0 Å². The van der Waals surface area contributed by atoms with Gasteiger partial charge in [-0.1, -0.05) is 6.07 Å². The minimum absolute atomic E-state index is 0.0530. The molecule has 2 aliphatic heterocycles. The third kappa shape index (κ3) is 6.76. The fourth-order valence-electron chi connectivity index (χ4n) is 8.67. The largest absolute Gasteiger partial charge is 0.367 e. The summed E-state index contributed by atoms with van der Waals surface area (Å²) in [5.41, 5.74) is 1.44. The Morgan fingerprint density at radius 3 is 2.64 bits per heavy atom. The molecule has 290 valence electrons. The molecular formula is C37H42F3N11O4. The number of nitrogens with one attached hydrogen (secondary N) is 2. The summed E-state index contributed by atoms with van der Waals surface area (Å²) in [5.74, 6) is -1.19. The number of fused-ring (bicyclic) bond motifs is 2. The standard InChI is InChI=1S/C37H42F3N11O4/c1-46(26-13-16-48(19-24(26)38)27-5-3-6-28-32(27)47(2)37(55)51(28)29-11-12-30(52)44-36(29)54)18-21-7-9-22(10-8-21)50-20-25(31(45-50)33(39)40)43-35(53)23-17-42-49-15-4-14-41-34(23)49/h3-6,14-15,17,20-22,24,26,29,33H,7-13,16,18-19H2,1-2H3,(H,43,53)(H,44,52,54)/t21?,22?,24-,26-,29?/m1/s1. The summed E-state index contributed by atoms with van der Waals surface area (Å²) < 4.78 is 50.0. The molecule has 1 unspecified atom stereocenters. The Labute approximate surface area is 313 Å². The van der Waals surface area contributed by atoms with Gasteiger partial charge in [0.15, 0.2) is 11.3 Å². The highest BCUT2D eigenvalue weighted by Crippen LogP contribution is 2.37. The lowest BCUT2D eigenvalue weighted by molar-refractivity contribution is -0.135. The molecule has 1 aliphatic carbocycles. The molecule has 18 heteroatoms. The van der Waals surface area contributed by atoms with Crippen LogP contribution in [0.15, 0.2) is 53.8 Å². The lowest BCUT2D eigenvalue weighted by Crippen LogP contribution is -2.52. The Kier molecular flexibility index (Phi) is 9.69. The number of carbonyl (C=O) groups is 3. The molecule has 0 spiro atoms. The van der Waals surface area contributed by atoms with Crippen molar-refractivity contribution in [2.45, 2.75) is 75.7 Å². The predicted octanol–water partition coefficient (Wildman–Crippen LogP) is 4.03. The normalized spacial score (nSPS) is 23.6.